The zero-order valence-electron chi connectivity index (χ0n) is 16.8. The number of para-hydroxylation sites is 1. The first kappa shape index (κ1) is 18.9. The van der Waals surface area contributed by atoms with Gasteiger partial charge in [0.25, 0.3) is 0 Å². The van der Waals surface area contributed by atoms with Crippen LogP contribution in [-0.2, 0) is 11.3 Å². The zero-order chi connectivity index (χ0) is 19.6. The molecule has 0 radical (unpaired) electrons. The second-order valence-electron chi connectivity index (χ2n) is 8.35. The van der Waals surface area contributed by atoms with Gasteiger partial charge in [0.2, 0.25) is 5.91 Å². The molecule has 1 spiro atoms. The molecule has 1 aromatic carbocycles. The van der Waals surface area contributed by atoms with Crippen LogP contribution < -0.4 is 4.74 Å². The summed E-state index contributed by atoms with van der Waals surface area (Å²) < 4.78 is 6.57. The molecule has 28 heavy (non-hydrogen) atoms. The lowest BCUT2D eigenvalue weighted by atomic mass is 9.76. The Balaban J connectivity index is 1.47. The van der Waals surface area contributed by atoms with E-state index < -0.39 is 0 Å². The van der Waals surface area contributed by atoms with E-state index in [-0.39, 0.29) is 17.4 Å². The van der Waals surface area contributed by atoms with Crippen LogP contribution in [0.4, 0.5) is 0 Å². The second-order valence-corrected chi connectivity index (χ2v) is 8.35. The molecule has 1 saturated heterocycles. The van der Waals surface area contributed by atoms with E-state index in [1.807, 2.05) is 38.6 Å². The van der Waals surface area contributed by atoms with E-state index >= 15 is 0 Å². The van der Waals surface area contributed by atoms with Gasteiger partial charge in [-0.25, -0.2) is 0 Å². The average Bonchev–Trinajstić information content (AvgIpc) is 2.70. The van der Waals surface area contributed by atoms with Crippen molar-refractivity contribution in [3.05, 3.63) is 59.9 Å². The minimum Gasteiger partial charge on any atom is -0.487 e. The van der Waals surface area contributed by atoms with Gasteiger partial charge in [-0.2, -0.15) is 0 Å². The fraction of sp³-hybridized carbons (Fsp3) is 0.478. The summed E-state index contributed by atoms with van der Waals surface area (Å²) in [6, 6.07) is 12.4. The summed E-state index contributed by atoms with van der Waals surface area (Å²) in [4.78, 5) is 20.7. The van der Waals surface area contributed by atoms with Crippen molar-refractivity contribution in [1.29, 1.82) is 0 Å². The molecular weight excluding hydrogens is 350 g/mol. The van der Waals surface area contributed by atoms with Crippen LogP contribution in [0, 0.1) is 0 Å². The number of hydrogen-bond acceptors (Lipinski definition) is 4. The average molecular weight is 380 g/mol. The maximum absolute atomic E-state index is 12.4. The summed E-state index contributed by atoms with van der Waals surface area (Å²) >= 11 is 0. The lowest BCUT2D eigenvalue weighted by molar-refractivity contribution is -0.129. The van der Waals surface area contributed by atoms with Gasteiger partial charge in [-0.15, -0.1) is 0 Å². The molecule has 0 N–H and O–H groups in total. The highest BCUT2D eigenvalue weighted by atomic mass is 16.5. The van der Waals surface area contributed by atoms with Gasteiger partial charge in [-0.3, -0.25) is 14.7 Å². The van der Waals surface area contributed by atoms with Crippen molar-refractivity contribution in [2.45, 2.75) is 43.7 Å². The van der Waals surface area contributed by atoms with Gasteiger partial charge in [-0.05, 0) is 48.6 Å². The molecule has 0 saturated carbocycles. The van der Waals surface area contributed by atoms with Crippen molar-refractivity contribution in [3.63, 3.8) is 0 Å². The third-order valence-electron chi connectivity index (χ3n) is 6.15. The van der Waals surface area contributed by atoms with Crippen LogP contribution in [0.15, 0.2) is 48.8 Å². The molecule has 4 rings (SSSR count). The standard InChI is InChI=1S/C23H29N3O2/c1-25(2)22(27)15-19-16-23(28-21-6-4-3-5-20(19)21)9-13-26(14-10-23)17-18-7-11-24-12-8-18/h3-8,11-12,19H,9-10,13-17H2,1-2H3/t19-/m1/s1. The van der Waals surface area contributed by atoms with E-state index in [1.165, 1.54) is 11.1 Å². The summed E-state index contributed by atoms with van der Waals surface area (Å²) in [6.45, 7) is 2.98. The maximum Gasteiger partial charge on any atom is 0.222 e. The molecule has 2 aliphatic rings. The second kappa shape index (κ2) is 7.92. The van der Waals surface area contributed by atoms with Crippen LogP contribution in [-0.4, -0.2) is 53.5 Å². The summed E-state index contributed by atoms with van der Waals surface area (Å²) in [7, 11) is 3.67. The van der Waals surface area contributed by atoms with Crippen molar-refractivity contribution >= 4 is 5.91 Å². The highest BCUT2D eigenvalue weighted by molar-refractivity contribution is 5.76. The molecule has 1 aromatic heterocycles. The number of carbonyl (C=O) groups is 1. The Kier molecular flexibility index (Phi) is 5.36. The number of nitrogens with zero attached hydrogens (tertiary/aromatic N) is 3. The summed E-state index contributed by atoms with van der Waals surface area (Å²) in [5.74, 6) is 1.38. The first-order valence-corrected chi connectivity index (χ1v) is 10.1. The normalized spacial score (nSPS) is 21.0. The molecule has 3 heterocycles. The van der Waals surface area contributed by atoms with Crippen molar-refractivity contribution in [1.82, 2.24) is 14.8 Å². The highest BCUT2D eigenvalue weighted by Gasteiger charge is 2.43. The fourth-order valence-corrected chi connectivity index (χ4v) is 4.49. The molecule has 5 nitrogen and oxygen atoms in total. The molecule has 0 bridgehead atoms. The highest BCUT2D eigenvalue weighted by Crippen LogP contribution is 2.46. The number of aromatic nitrogens is 1. The van der Waals surface area contributed by atoms with Gasteiger partial charge < -0.3 is 9.64 Å². The number of ether oxygens (including phenoxy) is 1. The van der Waals surface area contributed by atoms with E-state index in [2.05, 4.69) is 34.1 Å². The Morgan fingerprint density at radius 3 is 2.61 bits per heavy atom. The Morgan fingerprint density at radius 2 is 1.89 bits per heavy atom. The Labute approximate surface area is 167 Å². The number of amides is 1. The minimum absolute atomic E-state index is 0.152. The summed E-state index contributed by atoms with van der Waals surface area (Å²) in [5, 5.41) is 0. The number of hydrogen-bond donors (Lipinski definition) is 0. The first-order valence-electron chi connectivity index (χ1n) is 10.1. The summed E-state index contributed by atoms with van der Waals surface area (Å²) in [5.41, 5.74) is 2.33. The van der Waals surface area contributed by atoms with Crippen LogP contribution in [0.5, 0.6) is 5.75 Å². The molecule has 2 aliphatic heterocycles. The van der Waals surface area contributed by atoms with Crippen molar-refractivity contribution < 1.29 is 9.53 Å². The van der Waals surface area contributed by atoms with Crippen LogP contribution in [0.2, 0.25) is 0 Å². The smallest absolute Gasteiger partial charge is 0.222 e. The van der Waals surface area contributed by atoms with Crippen LogP contribution in [0.3, 0.4) is 0 Å². The monoisotopic (exact) mass is 379 g/mol. The lowest BCUT2D eigenvalue weighted by Gasteiger charge is -2.47. The van der Waals surface area contributed by atoms with Gasteiger partial charge in [-0.1, -0.05) is 18.2 Å². The topological polar surface area (TPSA) is 45.7 Å². The fourth-order valence-electron chi connectivity index (χ4n) is 4.49. The Bertz CT molecular complexity index is 814. The maximum atomic E-state index is 12.4. The Morgan fingerprint density at radius 1 is 1.18 bits per heavy atom. The molecule has 1 atom stereocenters. The molecule has 5 heteroatoms. The van der Waals surface area contributed by atoms with Gasteiger partial charge in [0, 0.05) is 58.5 Å². The number of pyridine rings is 1. The number of likely N-dealkylation sites (tertiary alicyclic amines) is 1. The van der Waals surface area contributed by atoms with E-state index in [9.17, 15) is 4.79 Å². The number of rotatable bonds is 4. The Hall–Kier alpha value is -2.40. The third-order valence-corrected chi connectivity index (χ3v) is 6.15. The van der Waals surface area contributed by atoms with Crippen molar-refractivity contribution in [2.24, 2.45) is 0 Å². The largest absolute Gasteiger partial charge is 0.487 e. The molecule has 0 aliphatic carbocycles. The van der Waals surface area contributed by atoms with Gasteiger partial charge >= 0.3 is 0 Å². The van der Waals surface area contributed by atoms with E-state index in [0.29, 0.717) is 6.42 Å². The number of piperidine rings is 1. The van der Waals surface area contributed by atoms with E-state index in [1.54, 1.807) is 4.90 Å². The zero-order valence-corrected chi connectivity index (χ0v) is 16.8. The minimum atomic E-state index is -0.152. The number of carbonyl (C=O) groups excluding carboxylic acids is 1. The first-order chi connectivity index (χ1) is 13.5. The predicted molar refractivity (Wildman–Crippen MR) is 109 cm³/mol. The molecule has 1 fully saturated rings. The van der Waals surface area contributed by atoms with Crippen molar-refractivity contribution in [3.8, 4) is 5.75 Å². The summed E-state index contributed by atoms with van der Waals surface area (Å²) in [6.07, 6.45) is 7.18. The van der Waals surface area contributed by atoms with Crippen molar-refractivity contribution in [2.75, 3.05) is 27.2 Å². The molecular formula is C23H29N3O2. The van der Waals surface area contributed by atoms with Crippen LogP contribution >= 0.6 is 0 Å². The molecule has 148 valence electrons. The van der Waals surface area contributed by atoms with Gasteiger partial charge in [0.15, 0.2) is 0 Å². The van der Waals surface area contributed by atoms with Gasteiger partial charge in [0.1, 0.15) is 11.4 Å². The van der Waals surface area contributed by atoms with E-state index in [0.717, 1.165) is 44.6 Å². The SMILES string of the molecule is CN(C)C(=O)C[C@@H]1CC2(CCN(Cc3ccncc3)CC2)Oc2ccccc21. The van der Waals surface area contributed by atoms with Gasteiger partial charge in [0.05, 0.1) is 0 Å². The molecule has 2 aromatic rings. The number of benzene rings is 1. The van der Waals surface area contributed by atoms with Crippen LogP contribution in [0.1, 0.15) is 42.7 Å². The van der Waals surface area contributed by atoms with Crippen LogP contribution in [0.25, 0.3) is 0 Å². The molecule has 1 amide bonds. The third kappa shape index (κ3) is 4.04. The quantitative estimate of drug-likeness (QED) is 0.816. The number of fused-ring (bicyclic) bond motifs is 1. The predicted octanol–water partition coefficient (Wildman–Crippen LogP) is 3.46. The molecule has 0 unspecified atom stereocenters. The van der Waals surface area contributed by atoms with E-state index in [4.69, 9.17) is 4.74 Å². The lowest BCUT2D eigenvalue weighted by Crippen LogP contribution is -2.50.